The second-order valence-electron chi connectivity index (χ2n) is 7.07. The van der Waals surface area contributed by atoms with Crippen molar-refractivity contribution in [3.8, 4) is 22.3 Å². The molecule has 0 heteroatoms. The predicted octanol–water partition coefficient (Wildman–Crippen LogP) is 7.04. The molecular formula is C26H21. The molecule has 0 aliphatic heterocycles. The summed E-state index contributed by atoms with van der Waals surface area (Å²) in [5.41, 5.74) is 9.65. The van der Waals surface area contributed by atoms with Crippen LogP contribution in [0.4, 0.5) is 0 Å². The Kier molecular flexibility index (Phi) is 3.64. The summed E-state index contributed by atoms with van der Waals surface area (Å²) in [6, 6.07) is 28.8. The van der Waals surface area contributed by atoms with Gasteiger partial charge in [0.05, 0.1) is 0 Å². The van der Waals surface area contributed by atoms with Crippen molar-refractivity contribution in [1.82, 2.24) is 0 Å². The summed E-state index contributed by atoms with van der Waals surface area (Å²) in [6.45, 7) is 2.26. The minimum Gasteiger partial charge on any atom is -0.0651 e. The van der Waals surface area contributed by atoms with Crippen LogP contribution in [0.25, 0.3) is 33.0 Å². The molecular weight excluding hydrogens is 312 g/mol. The number of hydrogen-bond acceptors (Lipinski definition) is 0. The molecule has 0 fully saturated rings. The third kappa shape index (κ3) is 2.29. The zero-order chi connectivity index (χ0) is 17.5. The van der Waals surface area contributed by atoms with E-state index in [-0.39, 0.29) is 0 Å². The van der Waals surface area contributed by atoms with Crippen LogP contribution in [-0.4, -0.2) is 0 Å². The third-order valence-electron chi connectivity index (χ3n) is 5.46. The third-order valence-corrected chi connectivity index (χ3v) is 5.46. The van der Waals surface area contributed by atoms with Gasteiger partial charge >= 0.3 is 0 Å². The van der Waals surface area contributed by atoms with Gasteiger partial charge in [-0.25, -0.2) is 0 Å². The zero-order valence-corrected chi connectivity index (χ0v) is 15.0. The molecule has 0 amide bonds. The van der Waals surface area contributed by atoms with Crippen LogP contribution >= 0.6 is 0 Å². The van der Waals surface area contributed by atoms with Gasteiger partial charge in [-0.3, -0.25) is 0 Å². The Morgan fingerprint density at radius 3 is 2.35 bits per heavy atom. The van der Waals surface area contributed by atoms with E-state index in [1.54, 1.807) is 0 Å². The molecule has 4 aromatic carbocycles. The second kappa shape index (κ2) is 6.14. The maximum absolute atomic E-state index is 2.38. The topological polar surface area (TPSA) is 0 Å². The fourth-order valence-corrected chi connectivity index (χ4v) is 4.31. The van der Waals surface area contributed by atoms with Crippen molar-refractivity contribution in [2.24, 2.45) is 0 Å². The summed E-state index contributed by atoms with van der Waals surface area (Å²) >= 11 is 0. The van der Waals surface area contributed by atoms with E-state index in [0.29, 0.717) is 0 Å². The van der Waals surface area contributed by atoms with Crippen LogP contribution in [0.15, 0.2) is 78.9 Å². The molecule has 0 aromatic heterocycles. The van der Waals surface area contributed by atoms with Gasteiger partial charge in [0.15, 0.2) is 0 Å². The van der Waals surface area contributed by atoms with Gasteiger partial charge in [0.2, 0.25) is 0 Å². The highest BCUT2D eigenvalue weighted by molar-refractivity contribution is 6.01. The quantitative estimate of drug-likeness (QED) is 0.332. The molecule has 0 nitrogen and oxygen atoms in total. The Morgan fingerprint density at radius 2 is 1.42 bits per heavy atom. The number of hydrogen-bond donors (Lipinski definition) is 0. The van der Waals surface area contributed by atoms with Gasteiger partial charge in [-0.2, -0.15) is 0 Å². The molecule has 0 bridgehead atoms. The number of benzene rings is 4. The maximum Gasteiger partial charge on any atom is 0.0218 e. The van der Waals surface area contributed by atoms with Crippen molar-refractivity contribution >= 4 is 10.8 Å². The highest BCUT2D eigenvalue weighted by Gasteiger charge is 2.24. The molecule has 0 N–H and O–H groups in total. The minimum atomic E-state index is 1.11. The first-order valence-corrected chi connectivity index (χ1v) is 9.45. The fraction of sp³-hybridized carbons (Fsp3) is 0.115. The first kappa shape index (κ1) is 15.4. The van der Waals surface area contributed by atoms with Crippen LogP contribution in [0, 0.1) is 6.42 Å². The van der Waals surface area contributed by atoms with E-state index in [0.717, 1.165) is 12.8 Å². The van der Waals surface area contributed by atoms with Gasteiger partial charge in [-0.05, 0) is 56.1 Å². The van der Waals surface area contributed by atoms with Gasteiger partial charge < -0.3 is 0 Å². The maximum atomic E-state index is 2.38. The average Bonchev–Trinajstić information content (AvgIpc) is 3.06. The van der Waals surface area contributed by atoms with Crippen molar-refractivity contribution in [1.29, 1.82) is 0 Å². The Balaban J connectivity index is 1.83. The van der Waals surface area contributed by atoms with Gasteiger partial charge in [-0.1, -0.05) is 92.2 Å². The van der Waals surface area contributed by atoms with Gasteiger partial charge in [0, 0.05) is 6.42 Å². The molecule has 0 saturated carbocycles. The van der Waals surface area contributed by atoms with Crippen molar-refractivity contribution < 1.29 is 0 Å². The molecule has 1 aliphatic carbocycles. The number of fused-ring (bicyclic) bond motifs is 4. The molecule has 0 saturated heterocycles. The largest absolute Gasteiger partial charge is 0.0651 e. The Hall–Kier alpha value is -2.86. The summed E-state index contributed by atoms with van der Waals surface area (Å²) in [5, 5.41) is 2.64. The number of rotatable bonds is 3. The summed E-state index contributed by atoms with van der Waals surface area (Å²) in [5.74, 6) is 0. The first-order valence-electron chi connectivity index (χ1n) is 9.45. The van der Waals surface area contributed by atoms with Gasteiger partial charge in [0.1, 0.15) is 0 Å². The summed E-state index contributed by atoms with van der Waals surface area (Å²) in [7, 11) is 0. The molecule has 0 atom stereocenters. The van der Waals surface area contributed by atoms with E-state index in [2.05, 4.69) is 92.2 Å². The Morgan fingerprint density at radius 1 is 0.654 bits per heavy atom. The smallest absolute Gasteiger partial charge is 0.0218 e. The normalized spacial score (nSPS) is 12.2. The molecule has 0 spiro atoms. The summed E-state index contributed by atoms with van der Waals surface area (Å²) in [4.78, 5) is 0. The van der Waals surface area contributed by atoms with Crippen molar-refractivity contribution in [3.05, 3.63) is 102 Å². The zero-order valence-electron chi connectivity index (χ0n) is 15.0. The first-order chi connectivity index (χ1) is 12.9. The molecule has 1 aliphatic rings. The van der Waals surface area contributed by atoms with Crippen LogP contribution in [0.5, 0.6) is 0 Å². The molecule has 4 aromatic rings. The molecule has 5 rings (SSSR count). The second-order valence-corrected chi connectivity index (χ2v) is 7.07. The van der Waals surface area contributed by atoms with E-state index < -0.39 is 0 Å². The highest BCUT2D eigenvalue weighted by Crippen LogP contribution is 2.45. The van der Waals surface area contributed by atoms with Crippen LogP contribution in [-0.2, 0) is 6.42 Å². The van der Waals surface area contributed by atoms with Crippen molar-refractivity contribution in [2.75, 3.05) is 0 Å². The lowest BCUT2D eigenvalue weighted by molar-refractivity contribution is 0.923. The summed E-state index contributed by atoms with van der Waals surface area (Å²) in [6.07, 6.45) is 4.64. The minimum absolute atomic E-state index is 1.11. The van der Waals surface area contributed by atoms with Crippen LogP contribution in [0.2, 0.25) is 0 Å². The van der Waals surface area contributed by atoms with E-state index in [4.69, 9.17) is 0 Å². The Bertz CT molecular complexity index is 1110. The lowest BCUT2D eigenvalue weighted by Crippen LogP contribution is -1.96. The van der Waals surface area contributed by atoms with Crippen molar-refractivity contribution in [3.63, 3.8) is 0 Å². The van der Waals surface area contributed by atoms with E-state index in [1.165, 1.54) is 49.7 Å². The van der Waals surface area contributed by atoms with Crippen LogP contribution in [0.1, 0.15) is 30.0 Å². The monoisotopic (exact) mass is 333 g/mol. The molecule has 0 heterocycles. The highest BCUT2D eigenvalue weighted by atomic mass is 14.3. The van der Waals surface area contributed by atoms with E-state index in [1.807, 2.05) is 0 Å². The van der Waals surface area contributed by atoms with E-state index >= 15 is 0 Å². The van der Waals surface area contributed by atoms with E-state index in [9.17, 15) is 0 Å². The molecule has 1 radical (unpaired) electrons. The average molecular weight is 333 g/mol. The van der Waals surface area contributed by atoms with Crippen molar-refractivity contribution in [2.45, 2.75) is 19.8 Å². The predicted molar refractivity (Wildman–Crippen MR) is 111 cm³/mol. The lowest BCUT2D eigenvalue weighted by atomic mass is 9.87. The summed E-state index contributed by atoms with van der Waals surface area (Å²) < 4.78 is 0. The fourth-order valence-electron chi connectivity index (χ4n) is 4.31. The lowest BCUT2D eigenvalue weighted by Gasteiger charge is -2.17. The SMILES string of the molecule is CCCc1ccc2c(c1-c1cccc3ccccc13)[CH]c1ccccc1-2. The number of aryl methyl sites for hydroxylation is 1. The standard InChI is InChI=1S/C26H21/c1-2-8-19-15-16-23-22-13-6-4-10-20(22)17-25(23)26(19)24-14-7-11-18-9-3-5-12-21(18)24/h3-7,9-17H,2,8H2,1H3. The molecule has 125 valence electrons. The Labute approximate surface area is 155 Å². The van der Waals surface area contributed by atoms with Crippen LogP contribution in [0.3, 0.4) is 0 Å². The van der Waals surface area contributed by atoms with Gasteiger partial charge in [0.25, 0.3) is 0 Å². The van der Waals surface area contributed by atoms with Gasteiger partial charge in [-0.15, -0.1) is 0 Å². The molecule has 26 heavy (non-hydrogen) atoms. The molecule has 0 unspecified atom stereocenters. The van der Waals surface area contributed by atoms with Crippen LogP contribution < -0.4 is 0 Å².